The number of likely N-dealkylation sites (tertiary alicyclic amines) is 1. The van der Waals surface area contributed by atoms with Crippen LogP contribution in [-0.2, 0) is 11.3 Å². The Morgan fingerprint density at radius 2 is 1.96 bits per heavy atom. The van der Waals surface area contributed by atoms with Crippen LogP contribution in [0.2, 0.25) is 0 Å². The zero-order chi connectivity index (χ0) is 17.9. The largest absolute Gasteiger partial charge is 0.379 e. The summed E-state index contributed by atoms with van der Waals surface area (Å²) in [6, 6.07) is 6.98. The van der Waals surface area contributed by atoms with E-state index < -0.39 is 5.60 Å². The Morgan fingerprint density at radius 1 is 1.24 bits per heavy atom. The van der Waals surface area contributed by atoms with Gasteiger partial charge in [0.25, 0.3) is 5.91 Å². The summed E-state index contributed by atoms with van der Waals surface area (Å²) in [4.78, 5) is 16.7. The van der Waals surface area contributed by atoms with Crippen LogP contribution in [0.4, 0.5) is 4.39 Å². The second kappa shape index (κ2) is 7.83. The van der Waals surface area contributed by atoms with Crippen molar-refractivity contribution in [2.75, 3.05) is 20.1 Å². The van der Waals surface area contributed by atoms with Gasteiger partial charge in [-0.25, -0.2) is 4.39 Å². The highest BCUT2D eigenvalue weighted by atomic mass is 19.1. The molecule has 1 aliphatic carbocycles. The Balaban J connectivity index is 1.66. The number of carbonyl (C=O) groups is 1. The second-order valence-electron chi connectivity index (χ2n) is 7.66. The maximum atomic E-state index is 13.9. The van der Waals surface area contributed by atoms with Crippen LogP contribution in [0.5, 0.6) is 0 Å². The molecule has 4 nitrogen and oxygen atoms in total. The smallest absolute Gasteiger partial charge is 0.256 e. The van der Waals surface area contributed by atoms with Crippen molar-refractivity contribution in [2.45, 2.75) is 63.1 Å². The predicted octanol–water partition coefficient (Wildman–Crippen LogP) is 2.94. The van der Waals surface area contributed by atoms with Crippen LogP contribution in [-0.4, -0.2) is 52.6 Å². The number of hydrogen-bond donors (Lipinski definition) is 1. The fourth-order valence-electron chi connectivity index (χ4n) is 4.26. The second-order valence-corrected chi connectivity index (χ2v) is 7.66. The Kier molecular flexibility index (Phi) is 5.74. The van der Waals surface area contributed by atoms with Crippen molar-refractivity contribution in [3.63, 3.8) is 0 Å². The molecule has 0 spiro atoms. The average Bonchev–Trinajstić information content (AvgIpc) is 2.62. The van der Waals surface area contributed by atoms with Gasteiger partial charge in [-0.2, -0.15) is 0 Å². The fourth-order valence-corrected chi connectivity index (χ4v) is 4.26. The molecule has 0 radical (unpaired) electrons. The van der Waals surface area contributed by atoms with Gasteiger partial charge in [-0.05, 0) is 38.8 Å². The zero-order valence-electron chi connectivity index (χ0n) is 15.1. The first-order valence-electron chi connectivity index (χ1n) is 9.45. The number of rotatable bonds is 5. The highest BCUT2D eigenvalue weighted by Crippen LogP contribution is 2.28. The van der Waals surface area contributed by atoms with Gasteiger partial charge in [0.2, 0.25) is 0 Å². The van der Waals surface area contributed by atoms with E-state index in [9.17, 15) is 14.3 Å². The van der Waals surface area contributed by atoms with E-state index in [2.05, 4.69) is 4.90 Å². The minimum atomic E-state index is -1.35. The van der Waals surface area contributed by atoms with Crippen molar-refractivity contribution < 1.29 is 14.3 Å². The van der Waals surface area contributed by atoms with Crippen molar-refractivity contribution in [3.8, 4) is 0 Å². The van der Waals surface area contributed by atoms with Gasteiger partial charge < -0.3 is 14.9 Å². The minimum Gasteiger partial charge on any atom is -0.379 e. The van der Waals surface area contributed by atoms with Gasteiger partial charge in [-0.1, -0.05) is 37.5 Å². The van der Waals surface area contributed by atoms with Gasteiger partial charge in [0, 0.05) is 31.2 Å². The van der Waals surface area contributed by atoms with Gasteiger partial charge >= 0.3 is 0 Å². The van der Waals surface area contributed by atoms with Gasteiger partial charge in [0.15, 0.2) is 5.60 Å². The van der Waals surface area contributed by atoms with Gasteiger partial charge in [0.05, 0.1) is 0 Å². The summed E-state index contributed by atoms with van der Waals surface area (Å²) in [7, 11) is 2.01. The standard InChI is InChI=1S/C20H29FN2O2/c1-22(17-9-3-2-4-10-17)15-20(25)12-7-13-23(19(20)24)14-16-8-5-6-11-18(16)21/h5-6,8,11,17,25H,2-4,7,9-10,12-15H2,1H3. The molecule has 0 aromatic heterocycles. The molecular weight excluding hydrogens is 319 g/mol. The summed E-state index contributed by atoms with van der Waals surface area (Å²) in [5.74, 6) is -0.562. The van der Waals surface area contributed by atoms with Crippen molar-refractivity contribution in [1.29, 1.82) is 0 Å². The Hall–Kier alpha value is -1.46. The molecular formula is C20H29FN2O2. The third kappa shape index (κ3) is 4.21. The molecule has 1 aromatic carbocycles. The quantitative estimate of drug-likeness (QED) is 0.890. The number of halogens is 1. The van der Waals surface area contributed by atoms with Crippen LogP contribution < -0.4 is 0 Å². The molecule has 1 aromatic rings. The number of piperidine rings is 1. The minimum absolute atomic E-state index is 0.223. The first-order chi connectivity index (χ1) is 12.0. The lowest BCUT2D eigenvalue weighted by Gasteiger charge is -2.42. The van der Waals surface area contributed by atoms with E-state index in [0.717, 1.165) is 19.3 Å². The van der Waals surface area contributed by atoms with E-state index in [1.807, 2.05) is 7.05 Å². The molecule has 2 aliphatic rings. The van der Waals surface area contributed by atoms with Gasteiger partial charge in [-0.15, -0.1) is 0 Å². The van der Waals surface area contributed by atoms with E-state index in [-0.39, 0.29) is 18.3 Å². The molecule has 1 saturated carbocycles. The summed E-state index contributed by atoms with van der Waals surface area (Å²) < 4.78 is 13.9. The summed E-state index contributed by atoms with van der Waals surface area (Å²) >= 11 is 0. The van der Waals surface area contributed by atoms with Crippen molar-refractivity contribution in [3.05, 3.63) is 35.6 Å². The number of aliphatic hydroxyl groups is 1. The first-order valence-corrected chi connectivity index (χ1v) is 9.45. The third-order valence-electron chi connectivity index (χ3n) is 5.73. The van der Waals surface area contributed by atoms with Crippen LogP contribution in [0.1, 0.15) is 50.5 Å². The van der Waals surface area contributed by atoms with Gasteiger partial charge in [0.1, 0.15) is 5.82 Å². The van der Waals surface area contributed by atoms with Crippen molar-refractivity contribution in [2.24, 2.45) is 0 Å². The average molecular weight is 348 g/mol. The third-order valence-corrected chi connectivity index (χ3v) is 5.73. The maximum absolute atomic E-state index is 13.9. The number of likely N-dealkylation sites (N-methyl/N-ethyl adjacent to an activating group) is 1. The molecule has 3 rings (SSSR count). The van der Waals surface area contributed by atoms with Gasteiger partial charge in [-0.3, -0.25) is 4.79 Å². The summed E-state index contributed by atoms with van der Waals surface area (Å²) in [6.45, 7) is 1.16. The number of carbonyl (C=O) groups excluding carboxylic acids is 1. The molecule has 0 bridgehead atoms. The van der Waals surface area contributed by atoms with Crippen molar-refractivity contribution in [1.82, 2.24) is 9.80 Å². The van der Waals surface area contributed by atoms with Crippen LogP contribution in [0.15, 0.2) is 24.3 Å². The van der Waals surface area contributed by atoms with E-state index in [1.165, 1.54) is 25.3 Å². The molecule has 1 unspecified atom stereocenters. The normalized spacial score (nSPS) is 25.6. The van der Waals surface area contributed by atoms with Crippen LogP contribution in [0.3, 0.4) is 0 Å². The van der Waals surface area contributed by atoms with Crippen LogP contribution in [0, 0.1) is 5.82 Å². The lowest BCUT2D eigenvalue weighted by Crippen LogP contribution is -2.59. The highest BCUT2D eigenvalue weighted by molar-refractivity contribution is 5.86. The predicted molar refractivity (Wildman–Crippen MR) is 95.5 cm³/mol. The van der Waals surface area contributed by atoms with E-state index in [0.29, 0.717) is 31.1 Å². The summed E-state index contributed by atoms with van der Waals surface area (Å²) in [6.07, 6.45) is 7.23. The molecule has 1 heterocycles. The number of amides is 1. The lowest BCUT2D eigenvalue weighted by atomic mass is 9.88. The monoisotopic (exact) mass is 348 g/mol. The number of hydrogen-bond acceptors (Lipinski definition) is 3. The van der Waals surface area contributed by atoms with E-state index in [4.69, 9.17) is 0 Å². The Morgan fingerprint density at radius 3 is 2.68 bits per heavy atom. The summed E-state index contributed by atoms with van der Waals surface area (Å²) in [5, 5.41) is 11.0. The van der Waals surface area contributed by atoms with Crippen LogP contribution in [0.25, 0.3) is 0 Å². The first kappa shape index (κ1) is 18.3. The Labute approximate surface area is 149 Å². The van der Waals surface area contributed by atoms with E-state index >= 15 is 0 Å². The molecule has 5 heteroatoms. The number of nitrogens with zero attached hydrogens (tertiary/aromatic N) is 2. The molecule has 1 amide bonds. The molecule has 1 saturated heterocycles. The maximum Gasteiger partial charge on any atom is 0.256 e. The highest BCUT2D eigenvalue weighted by Gasteiger charge is 2.43. The molecule has 1 atom stereocenters. The van der Waals surface area contributed by atoms with E-state index in [1.54, 1.807) is 23.1 Å². The number of benzene rings is 1. The lowest BCUT2D eigenvalue weighted by molar-refractivity contribution is -0.160. The topological polar surface area (TPSA) is 43.8 Å². The van der Waals surface area contributed by atoms with Crippen LogP contribution >= 0.6 is 0 Å². The molecule has 1 aliphatic heterocycles. The molecule has 138 valence electrons. The zero-order valence-corrected chi connectivity index (χ0v) is 15.1. The molecule has 1 N–H and O–H groups in total. The fraction of sp³-hybridized carbons (Fsp3) is 0.650. The molecule has 2 fully saturated rings. The molecule has 25 heavy (non-hydrogen) atoms. The SMILES string of the molecule is CN(CC1(O)CCCN(Cc2ccccc2F)C1=O)C1CCCCC1. The Bertz CT molecular complexity index is 603. The summed E-state index contributed by atoms with van der Waals surface area (Å²) in [5.41, 5.74) is -0.851. The van der Waals surface area contributed by atoms with Crippen molar-refractivity contribution >= 4 is 5.91 Å².